The number of carbonyl (C=O) groups is 1. The smallest absolute Gasteiger partial charge is 0.178 e. The van der Waals surface area contributed by atoms with Gasteiger partial charge in [-0.15, -0.1) is 0 Å². The zero-order chi connectivity index (χ0) is 21.8. The monoisotopic (exact) mass is 405 g/mol. The molecule has 8 unspecified atom stereocenters. The third kappa shape index (κ3) is 3.08. The molecule has 0 aliphatic heterocycles. The summed E-state index contributed by atoms with van der Waals surface area (Å²) in [4.78, 5) is 11.9. The van der Waals surface area contributed by atoms with Crippen molar-refractivity contribution >= 4 is 5.78 Å². The topological polar surface area (TPSA) is 104 Å². The van der Waals surface area contributed by atoms with Crippen LogP contribution in [0.5, 0.6) is 0 Å². The Bertz CT molecular complexity index is 718. The van der Waals surface area contributed by atoms with Gasteiger partial charge in [0.15, 0.2) is 5.78 Å². The molecule has 0 aromatic rings. The third-order valence-electron chi connectivity index (χ3n) is 8.72. The first kappa shape index (κ1) is 22.7. The van der Waals surface area contributed by atoms with Crippen LogP contribution < -0.4 is 5.73 Å². The second kappa shape index (κ2) is 7.60. The molecule has 9 atom stereocenters. The van der Waals surface area contributed by atoms with E-state index in [9.17, 15) is 20.1 Å². The minimum atomic E-state index is -0.788. The fourth-order valence-corrected chi connectivity index (χ4v) is 7.88. The van der Waals surface area contributed by atoms with E-state index in [-0.39, 0.29) is 41.5 Å². The summed E-state index contributed by atoms with van der Waals surface area (Å²) >= 11 is 0. The quantitative estimate of drug-likeness (QED) is 0.565. The number of aliphatic hydroxyl groups excluding tert-OH is 3. The van der Waals surface area contributed by atoms with E-state index in [2.05, 4.69) is 20.8 Å². The first-order valence-electron chi connectivity index (χ1n) is 11.3. The van der Waals surface area contributed by atoms with Gasteiger partial charge in [-0.05, 0) is 61.0 Å². The number of carbonyl (C=O) groups excluding carboxylic acids is 1. The molecule has 0 amide bonds. The van der Waals surface area contributed by atoms with Crippen LogP contribution in [0.25, 0.3) is 0 Å². The Kier molecular flexibility index (Phi) is 5.94. The van der Waals surface area contributed by atoms with Gasteiger partial charge in [-0.3, -0.25) is 4.79 Å². The number of fused-ring (bicyclic) bond motifs is 5. The summed E-state index contributed by atoms with van der Waals surface area (Å²) in [6.45, 7) is 10.1. The zero-order valence-electron chi connectivity index (χ0n) is 18.6. The van der Waals surface area contributed by atoms with Crippen molar-refractivity contribution in [2.24, 2.45) is 40.2 Å². The highest BCUT2D eigenvalue weighted by Crippen LogP contribution is 2.68. The van der Waals surface area contributed by atoms with Crippen molar-refractivity contribution in [3.8, 4) is 0 Å². The van der Waals surface area contributed by atoms with Crippen LogP contribution in [0.3, 0.4) is 0 Å². The second-order valence-corrected chi connectivity index (χ2v) is 10.1. The first-order valence-corrected chi connectivity index (χ1v) is 11.3. The van der Waals surface area contributed by atoms with Gasteiger partial charge in [0.05, 0.1) is 18.8 Å². The molecule has 164 valence electrons. The number of ketones is 1. The van der Waals surface area contributed by atoms with Gasteiger partial charge in [0.25, 0.3) is 0 Å². The molecule has 0 saturated heterocycles. The Morgan fingerprint density at radius 1 is 1.31 bits per heavy atom. The van der Waals surface area contributed by atoms with Gasteiger partial charge in [0.1, 0.15) is 0 Å². The predicted molar refractivity (Wildman–Crippen MR) is 114 cm³/mol. The van der Waals surface area contributed by atoms with Crippen LogP contribution in [0.4, 0.5) is 0 Å². The maximum atomic E-state index is 11.9. The second-order valence-electron chi connectivity index (χ2n) is 10.1. The predicted octanol–water partition coefficient (Wildman–Crippen LogP) is 2.59. The summed E-state index contributed by atoms with van der Waals surface area (Å²) in [5.41, 5.74) is 6.99. The number of aliphatic hydroxyl groups is 3. The summed E-state index contributed by atoms with van der Waals surface area (Å²) in [5, 5.41) is 31.5. The summed E-state index contributed by atoms with van der Waals surface area (Å²) in [6, 6.07) is 0. The molecule has 4 aliphatic rings. The molecule has 0 spiro atoms. The molecule has 4 aliphatic carbocycles. The van der Waals surface area contributed by atoms with E-state index in [0.29, 0.717) is 6.42 Å². The van der Waals surface area contributed by atoms with Gasteiger partial charge in [-0.1, -0.05) is 46.3 Å². The van der Waals surface area contributed by atoms with Gasteiger partial charge in [-0.25, -0.2) is 0 Å². The lowest BCUT2D eigenvalue weighted by Gasteiger charge is -2.64. The SMILES string of the molecule is CC.C[C@@H]1CC2C(C)(CC(O)C3C4(C)C=CC(=O)C=C4CCC32N)C1C(O)CO. The Hall–Kier alpha value is -1.01. The van der Waals surface area contributed by atoms with Crippen LogP contribution in [0.2, 0.25) is 0 Å². The number of nitrogens with two attached hydrogens (primary N) is 1. The van der Waals surface area contributed by atoms with Gasteiger partial charge >= 0.3 is 0 Å². The van der Waals surface area contributed by atoms with Crippen LogP contribution in [0.15, 0.2) is 23.8 Å². The summed E-state index contributed by atoms with van der Waals surface area (Å²) < 4.78 is 0. The number of hydrogen-bond donors (Lipinski definition) is 4. The Morgan fingerprint density at radius 2 is 1.97 bits per heavy atom. The molecule has 0 aromatic carbocycles. The molecule has 0 heterocycles. The molecule has 3 fully saturated rings. The number of hydrogen-bond acceptors (Lipinski definition) is 5. The molecule has 3 saturated carbocycles. The van der Waals surface area contributed by atoms with E-state index < -0.39 is 23.2 Å². The highest BCUT2D eigenvalue weighted by atomic mass is 16.3. The molecule has 5 nitrogen and oxygen atoms in total. The standard InChI is InChI=1S/C22H33NO4.C2H6/c1-12-8-17-21(3,18(12)16(27)11-24)10-15(26)19-20(2)6-5-14(25)9-13(20)4-7-22(17,19)23;1-2/h5-6,9,12,15-19,24,26-27H,4,7-8,10-11,23H2,1-3H3;1-2H3/t12-,15?,16?,17?,18?,19?,20?,21?,22?;/m1./s1. The van der Waals surface area contributed by atoms with E-state index in [1.165, 1.54) is 0 Å². The van der Waals surface area contributed by atoms with Crippen LogP contribution >= 0.6 is 0 Å². The first-order chi connectivity index (χ1) is 13.6. The molecule has 0 aromatic heterocycles. The fraction of sp³-hybridized carbons (Fsp3) is 0.792. The normalized spacial score (nSPS) is 49.2. The van der Waals surface area contributed by atoms with Crippen molar-refractivity contribution in [2.45, 2.75) is 78.0 Å². The van der Waals surface area contributed by atoms with E-state index >= 15 is 0 Å². The maximum Gasteiger partial charge on any atom is 0.178 e. The van der Waals surface area contributed by atoms with E-state index in [4.69, 9.17) is 5.73 Å². The average molecular weight is 406 g/mol. The van der Waals surface area contributed by atoms with Gasteiger partial charge in [-0.2, -0.15) is 0 Å². The van der Waals surface area contributed by atoms with Crippen molar-refractivity contribution in [3.05, 3.63) is 23.8 Å². The summed E-state index contributed by atoms with van der Waals surface area (Å²) in [7, 11) is 0. The number of rotatable bonds is 2. The van der Waals surface area contributed by atoms with Crippen LogP contribution in [0.1, 0.15) is 60.3 Å². The minimum Gasteiger partial charge on any atom is -0.394 e. The zero-order valence-corrected chi connectivity index (χ0v) is 18.6. The molecule has 0 bridgehead atoms. The van der Waals surface area contributed by atoms with E-state index in [1.807, 2.05) is 19.9 Å². The molecule has 0 radical (unpaired) electrons. The van der Waals surface area contributed by atoms with Crippen molar-refractivity contribution in [1.82, 2.24) is 0 Å². The summed E-state index contributed by atoms with van der Waals surface area (Å²) in [6.07, 6.45) is 6.88. The highest BCUT2D eigenvalue weighted by Gasteiger charge is 2.68. The van der Waals surface area contributed by atoms with Crippen molar-refractivity contribution in [2.75, 3.05) is 6.61 Å². The molecular formula is C24H39NO4. The number of allylic oxidation sites excluding steroid dienone is 4. The molecule has 5 heteroatoms. The van der Waals surface area contributed by atoms with Crippen LogP contribution in [0, 0.1) is 34.5 Å². The Labute approximate surface area is 175 Å². The lowest BCUT2D eigenvalue weighted by atomic mass is 9.43. The average Bonchev–Trinajstić information content (AvgIpc) is 2.94. The van der Waals surface area contributed by atoms with Gasteiger partial charge in [0.2, 0.25) is 0 Å². The Balaban J connectivity index is 0.00000117. The van der Waals surface area contributed by atoms with E-state index in [0.717, 1.165) is 24.8 Å². The lowest BCUT2D eigenvalue weighted by molar-refractivity contribution is -0.143. The molecular weight excluding hydrogens is 366 g/mol. The summed E-state index contributed by atoms with van der Waals surface area (Å²) in [5.74, 6) is 0.204. The lowest BCUT2D eigenvalue weighted by Crippen LogP contribution is -2.70. The van der Waals surface area contributed by atoms with Crippen molar-refractivity contribution in [1.29, 1.82) is 0 Å². The van der Waals surface area contributed by atoms with Gasteiger partial charge in [0, 0.05) is 16.9 Å². The Morgan fingerprint density at radius 3 is 2.59 bits per heavy atom. The van der Waals surface area contributed by atoms with Crippen molar-refractivity contribution in [3.63, 3.8) is 0 Å². The largest absolute Gasteiger partial charge is 0.394 e. The molecule has 4 rings (SSSR count). The highest BCUT2D eigenvalue weighted by molar-refractivity contribution is 6.01. The molecule has 5 N–H and O–H groups in total. The van der Waals surface area contributed by atoms with Crippen LogP contribution in [-0.4, -0.2) is 45.5 Å². The fourth-order valence-electron chi connectivity index (χ4n) is 7.88. The van der Waals surface area contributed by atoms with E-state index in [1.54, 1.807) is 12.2 Å². The van der Waals surface area contributed by atoms with Crippen molar-refractivity contribution < 1.29 is 20.1 Å². The van der Waals surface area contributed by atoms with Gasteiger partial charge < -0.3 is 21.1 Å². The maximum absolute atomic E-state index is 11.9. The minimum absolute atomic E-state index is 0.0164. The third-order valence-corrected chi connectivity index (χ3v) is 8.72. The molecule has 29 heavy (non-hydrogen) atoms. The van der Waals surface area contributed by atoms with Crippen LogP contribution in [-0.2, 0) is 4.79 Å².